The molecule has 2 aliphatic heterocycles. The van der Waals surface area contributed by atoms with Gasteiger partial charge in [-0.25, -0.2) is 9.97 Å². The molecule has 0 radical (unpaired) electrons. The molecule has 42 heavy (non-hydrogen) atoms. The summed E-state index contributed by atoms with van der Waals surface area (Å²) in [6.45, 7) is 13.2. The van der Waals surface area contributed by atoms with Crippen LogP contribution in [0, 0.1) is 0 Å². The zero-order valence-corrected chi connectivity index (χ0v) is 25.6. The number of aromatic amines is 2. The van der Waals surface area contributed by atoms with E-state index in [0.29, 0.717) is 0 Å². The standard InChI is InChI=1S/C36H38N4O2/c1-35(2,3)28-20-27(32(36(4,5)6)34(42-8)33(28)41-7)31-29-15-13-25(39-29)18-23-11-9-21(37-23)17-22-10-12-24(38-22)19-26-14-16-30(31)40-26/h9-20,37-38H,1-8H3. The summed E-state index contributed by atoms with van der Waals surface area (Å²) in [5, 5.41) is 0. The molecule has 5 heterocycles. The Morgan fingerprint density at radius 3 is 1.48 bits per heavy atom. The molecule has 0 amide bonds. The molecule has 2 aliphatic rings. The van der Waals surface area contributed by atoms with E-state index in [1.165, 1.54) is 0 Å². The molecule has 8 bridgehead atoms. The van der Waals surface area contributed by atoms with Crippen LogP contribution in [0.5, 0.6) is 11.5 Å². The largest absolute Gasteiger partial charge is 0.493 e. The van der Waals surface area contributed by atoms with E-state index >= 15 is 0 Å². The summed E-state index contributed by atoms with van der Waals surface area (Å²) in [4.78, 5) is 17.2. The predicted octanol–water partition coefficient (Wildman–Crippen LogP) is 8.93. The van der Waals surface area contributed by atoms with Gasteiger partial charge in [0.25, 0.3) is 0 Å². The maximum absolute atomic E-state index is 6.16. The molecule has 6 nitrogen and oxygen atoms in total. The molecular weight excluding hydrogens is 520 g/mol. The maximum Gasteiger partial charge on any atom is 0.165 e. The molecule has 0 aliphatic carbocycles. The van der Waals surface area contributed by atoms with Gasteiger partial charge in [0, 0.05) is 38.8 Å². The molecule has 0 saturated carbocycles. The Morgan fingerprint density at radius 1 is 0.571 bits per heavy atom. The number of nitrogens with zero attached hydrogens (tertiary/aromatic N) is 2. The van der Waals surface area contributed by atoms with Crippen molar-refractivity contribution in [1.82, 2.24) is 19.9 Å². The number of H-pyrrole nitrogens is 2. The van der Waals surface area contributed by atoms with E-state index in [9.17, 15) is 0 Å². The molecule has 0 fully saturated rings. The van der Waals surface area contributed by atoms with E-state index in [1.807, 2.05) is 0 Å². The van der Waals surface area contributed by atoms with Gasteiger partial charge in [-0.15, -0.1) is 0 Å². The van der Waals surface area contributed by atoms with E-state index < -0.39 is 0 Å². The quantitative estimate of drug-likeness (QED) is 0.227. The molecule has 0 spiro atoms. The second-order valence-electron chi connectivity index (χ2n) is 13.0. The highest BCUT2D eigenvalue weighted by atomic mass is 16.5. The second-order valence-corrected chi connectivity index (χ2v) is 13.0. The molecule has 4 aromatic rings. The first-order valence-electron chi connectivity index (χ1n) is 14.3. The third-order valence-corrected chi connectivity index (χ3v) is 7.69. The lowest BCUT2D eigenvalue weighted by Crippen LogP contribution is -2.20. The molecular formula is C36H38N4O2. The Balaban J connectivity index is 1.79. The zero-order valence-electron chi connectivity index (χ0n) is 25.6. The number of methoxy groups -OCH3 is 2. The third kappa shape index (κ3) is 5.02. The summed E-state index contributed by atoms with van der Waals surface area (Å²) >= 11 is 0. The first-order valence-corrected chi connectivity index (χ1v) is 14.3. The Labute approximate surface area is 247 Å². The van der Waals surface area contributed by atoms with Crippen LogP contribution in [0.25, 0.3) is 57.5 Å². The average Bonchev–Trinajstić information content (AvgIpc) is 3.73. The Hall–Kier alpha value is -4.58. The molecule has 2 N–H and O–H groups in total. The van der Waals surface area contributed by atoms with Crippen LogP contribution in [0.4, 0.5) is 0 Å². The van der Waals surface area contributed by atoms with Crippen molar-refractivity contribution in [3.63, 3.8) is 0 Å². The van der Waals surface area contributed by atoms with E-state index in [1.54, 1.807) is 14.2 Å². The minimum absolute atomic E-state index is 0.201. The van der Waals surface area contributed by atoms with Crippen LogP contribution >= 0.6 is 0 Å². The molecule has 214 valence electrons. The first-order chi connectivity index (χ1) is 19.9. The van der Waals surface area contributed by atoms with Gasteiger partial charge < -0.3 is 19.4 Å². The van der Waals surface area contributed by atoms with Gasteiger partial charge in [0.05, 0.1) is 37.0 Å². The highest BCUT2D eigenvalue weighted by molar-refractivity contribution is 5.91. The van der Waals surface area contributed by atoms with Crippen molar-refractivity contribution < 1.29 is 9.47 Å². The van der Waals surface area contributed by atoms with Crippen molar-refractivity contribution in [2.45, 2.75) is 52.4 Å². The summed E-state index contributed by atoms with van der Waals surface area (Å²) < 4.78 is 12.2. The van der Waals surface area contributed by atoms with Gasteiger partial charge in [0.1, 0.15) is 0 Å². The van der Waals surface area contributed by atoms with Gasteiger partial charge in [0.15, 0.2) is 11.5 Å². The topological polar surface area (TPSA) is 75.8 Å². The van der Waals surface area contributed by atoms with Crippen LogP contribution in [0.15, 0.2) is 48.5 Å². The number of hydrogen-bond donors (Lipinski definition) is 2. The fourth-order valence-electron chi connectivity index (χ4n) is 5.82. The molecule has 3 aromatic heterocycles. The fourth-order valence-corrected chi connectivity index (χ4v) is 5.82. The third-order valence-electron chi connectivity index (χ3n) is 7.69. The van der Waals surface area contributed by atoms with Crippen LogP contribution < -0.4 is 9.47 Å². The molecule has 0 unspecified atom stereocenters. The zero-order chi connectivity index (χ0) is 29.8. The number of aromatic nitrogens is 4. The maximum atomic E-state index is 6.16. The van der Waals surface area contributed by atoms with Crippen LogP contribution in [-0.4, -0.2) is 34.2 Å². The van der Waals surface area contributed by atoms with Gasteiger partial charge in [-0.2, -0.15) is 0 Å². The monoisotopic (exact) mass is 558 g/mol. The van der Waals surface area contributed by atoms with Gasteiger partial charge in [0.2, 0.25) is 0 Å². The summed E-state index contributed by atoms with van der Waals surface area (Å²) in [5.41, 5.74) is 11.1. The summed E-state index contributed by atoms with van der Waals surface area (Å²) in [5.74, 6) is 1.51. The Kier molecular flexibility index (Phi) is 6.60. The first kappa shape index (κ1) is 27.6. The van der Waals surface area contributed by atoms with Crippen molar-refractivity contribution in [3.05, 3.63) is 82.4 Å². The second kappa shape index (κ2) is 10.1. The van der Waals surface area contributed by atoms with Gasteiger partial charge in [-0.05, 0) is 89.2 Å². The van der Waals surface area contributed by atoms with Crippen LogP contribution in [0.1, 0.15) is 75.4 Å². The fraction of sp³-hybridized carbons (Fsp3) is 0.278. The SMILES string of the molecule is COc1c(C(C)(C)C)cc(-c2c3nc(cc4ccc(cc5ccc(cc6nc2C=C6)[nH]5)[nH]4)C=C3)c(C(C)(C)C)c1OC. The Morgan fingerprint density at radius 2 is 1.05 bits per heavy atom. The number of rotatable bonds is 3. The number of fused-ring (bicyclic) bond motifs is 8. The van der Waals surface area contributed by atoms with E-state index in [0.717, 1.165) is 78.6 Å². The number of ether oxygens (including phenoxy) is 2. The lowest BCUT2D eigenvalue weighted by atomic mass is 9.76. The molecule has 6 rings (SSSR count). The highest BCUT2D eigenvalue weighted by Crippen LogP contribution is 2.50. The van der Waals surface area contributed by atoms with Gasteiger partial charge in [-0.3, -0.25) is 0 Å². The minimum Gasteiger partial charge on any atom is -0.493 e. The van der Waals surface area contributed by atoms with Crippen molar-refractivity contribution in [1.29, 1.82) is 0 Å². The van der Waals surface area contributed by atoms with Gasteiger partial charge >= 0.3 is 0 Å². The average molecular weight is 559 g/mol. The normalized spacial score (nSPS) is 13.0. The van der Waals surface area contributed by atoms with Crippen LogP contribution in [0.3, 0.4) is 0 Å². The van der Waals surface area contributed by atoms with Gasteiger partial charge in [-0.1, -0.05) is 41.5 Å². The van der Waals surface area contributed by atoms with Crippen molar-refractivity contribution >= 4 is 46.4 Å². The number of benzene rings is 1. The van der Waals surface area contributed by atoms with Crippen molar-refractivity contribution in [2.75, 3.05) is 14.2 Å². The predicted molar refractivity (Wildman–Crippen MR) is 175 cm³/mol. The van der Waals surface area contributed by atoms with Crippen LogP contribution in [0.2, 0.25) is 0 Å². The van der Waals surface area contributed by atoms with E-state index in [2.05, 4.69) is 124 Å². The number of nitrogens with one attached hydrogen (secondary N) is 2. The molecule has 1 aromatic carbocycles. The molecule has 0 atom stereocenters. The van der Waals surface area contributed by atoms with Crippen LogP contribution in [-0.2, 0) is 10.8 Å². The lowest BCUT2D eigenvalue weighted by Gasteiger charge is -2.32. The number of hydrogen-bond acceptors (Lipinski definition) is 4. The van der Waals surface area contributed by atoms with E-state index in [4.69, 9.17) is 19.4 Å². The molecule has 6 heteroatoms. The summed E-state index contributed by atoms with van der Waals surface area (Å²) in [7, 11) is 3.44. The van der Waals surface area contributed by atoms with Crippen molar-refractivity contribution in [3.8, 4) is 22.6 Å². The highest BCUT2D eigenvalue weighted by Gasteiger charge is 2.33. The molecule has 0 saturated heterocycles. The van der Waals surface area contributed by atoms with Crippen molar-refractivity contribution in [2.24, 2.45) is 0 Å². The summed E-state index contributed by atoms with van der Waals surface area (Å²) in [6, 6.07) is 16.8. The Bertz CT molecular complexity index is 1830. The lowest BCUT2D eigenvalue weighted by molar-refractivity contribution is 0.336. The summed E-state index contributed by atoms with van der Waals surface area (Å²) in [6.07, 6.45) is 8.30. The smallest absolute Gasteiger partial charge is 0.165 e. The minimum atomic E-state index is -0.270. The van der Waals surface area contributed by atoms with E-state index in [-0.39, 0.29) is 10.8 Å².